The molecule has 0 aliphatic heterocycles. The lowest BCUT2D eigenvalue weighted by Crippen LogP contribution is -1.97. The molecule has 0 unspecified atom stereocenters. The third-order valence-corrected chi connectivity index (χ3v) is 8.48. The highest BCUT2D eigenvalue weighted by Crippen LogP contribution is 2.35. The van der Waals surface area contributed by atoms with Crippen molar-refractivity contribution in [3.63, 3.8) is 0 Å². The second-order valence-corrected chi connectivity index (χ2v) is 11.4. The average molecular weight is 603 g/mol. The van der Waals surface area contributed by atoms with Crippen molar-refractivity contribution in [2.45, 2.75) is 0 Å². The third-order valence-electron chi connectivity index (χ3n) is 8.48. The van der Waals surface area contributed by atoms with E-state index in [0.717, 1.165) is 78.2 Å². The highest BCUT2D eigenvalue weighted by Gasteiger charge is 2.17. The summed E-state index contributed by atoms with van der Waals surface area (Å²) in [5, 5.41) is 1.04. The molecule has 0 aliphatic rings. The first-order valence-corrected chi connectivity index (χ1v) is 15.5. The van der Waals surface area contributed by atoms with Crippen LogP contribution in [0.4, 0.5) is 0 Å². The number of aromatic nitrogens is 6. The molecule has 4 aromatic carbocycles. The topological polar surface area (TPSA) is 68.9 Å². The van der Waals surface area contributed by atoms with E-state index in [1.807, 2.05) is 72.9 Å². The number of benzene rings is 4. The highest BCUT2D eigenvalue weighted by atomic mass is 15.0. The Kier molecular flexibility index (Phi) is 6.35. The van der Waals surface area contributed by atoms with Crippen LogP contribution in [0.25, 0.3) is 84.0 Å². The van der Waals surface area contributed by atoms with E-state index in [0.29, 0.717) is 5.82 Å². The van der Waals surface area contributed by atoms with Crippen LogP contribution < -0.4 is 0 Å². The third kappa shape index (κ3) is 4.80. The van der Waals surface area contributed by atoms with Crippen molar-refractivity contribution in [3.05, 3.63) is 158 Å². The molecule has 0 saturated carbocycles. The summed E-state index contributed by atoms with van der Waals surface area (Å²) in [7, 11) is 0. The molecule has 5 aromatic heterocycles. The fourth-order valence-electron chi connectivity index (χ4n) is 6.19. The average Bonchev–Trinajstić information content (AvgIpc) is 3.55. The lowest BCUT2D eigenvalue weighted by atomic mass is 10.0. The zero-order chi connectivity index (χ0) is 31.2. The smallest absolute Gasteiger partial charge is 0.160 e. The minimum absolute atomic E-state index is 0.647. The number of rotatable bonds is 5. The molecule has 0 fully saturated rings. The van der Waals surface area contributed by atoms with Crippen LogP contribution in [0.15, 0.2) is 158 Å². The molecule has 0 atom stereocenters. The van der Waals surface area contributed by atoms with Gasteiger partial charge in [-0.3, -0.25) is 9.38 Å². The SMILES string of the molecule is c1ccc(-c2cccc(-c3nc(-c4ccc(-c5nc6ccccc6c6nc7ccccn7c56)cc4)cc(-c4ccccn4)n3)c2)cc1. The maximum absolute atomic E-state index is 5.14. The second-order valence-electron chi connectivity index (χ2n) is 11.4. The largest absolute Gasteiger partial charge is 0.298 e. The predicted octanol–water partition coefficient (Wildman–Crippen LogP) is 9.56. The van der Waals surface area contributed by atoms with Gasteiger partial charge in [0, 0.05) is 34.5 Å². The lowest BCUT2D eigenvalue weighted by molar-refractivity contribution is 1.16. The maximum atomic E-state index is 5.14. The first-order chi connectivity index (χ1) is 23.3. The summed E-state index contributed by atoms with van der Waals surface area (Å²) in [4.78, 5) is 24.8. The van der Waals surface area contributed by atoms with Gasteiger partial charge in [-0.15, -0.1) is 0 Å². The van der Waals surface area contributed by atoms with Gasteiger partial charge in [-0.25, -0.2) is 19.9 Å². The quantitative estimate of drug-likeness (QED) is 0.196. The molecule has 47 heavy (non-hydrogen) atoms. The number of para-hydroxylation sites is 1. The van der Waals surface area contributed by atoms with Crippen LogP contribution >= 0.6 is 0 Å². The van der Waals surface area contributed by atoms with Gasteiger partial charge in [-0.1, -0.05) is 103 Å². The summed E-state index contributed by atoms with van der Waals surface area (Å²) in [5.74, 6) is 0.647. The standard InChI is InChI=1S/C41H26N6/c1-2-11-27(12-3-1)30-13-10-14-31(25-30)41-44-35(26-36(45-41)34-17-6-8-23-42-34)28-19-21-29(22-20-28)38-40-39(32-15-4-5-16-33(32)43-38)46-37-18-7-9-24-47(37)40/h1-26H. The van der Waals surface area contributed by atoms with E-state index >= 15 is 0 Å². The Hall–Kier alpha value is -6.53. The fourth-order valence-corrected chi connectivity index (χ4v) is 6.19. The van der Waals surface area contributed by atoms with Gasteiger partial charge in [-0.2, -0.15) is 0 Å². The minimum Gasteiger partial charge on any atom is -0.298 e. The van der Waals surface area contributed by atoms with E-state index in [4.69, 9.17) is 19.9 Å². The molecule has 0 bridgehead atoms. The second kappa shape index (κ2) is 11.1. The molecule has 9 aromatic rings. The number of pyridine rings is 3. The van der Waals surface area contributed by atoms with Crippen LogP contribution in [-0.4, -0.2) is 29.3 Å². The Labute approximate surface area is 270 Å². The molecular weight excluding hydrogens is 576 g/mol. The molecule has 220 valence electrons. The van der Waals surface area contributed by atoms with Gasteiger partial charge >= 0.3 is 0 Å². The highest BCUT2D eigenvalue weighted by molar-refractivity contribution is 6.09. The number of hydrogen-bond acceptors (Lipinski definition) is 5. The van der Waals surface area contributed by atoms with E-state index in [1.54, 1.807) is 6.20 Å². The predicted molar refractivity (Wildman–Crippen MR) is 189 cm³/mol. The molecule has 0 saturated heterocycles. The molecule has 0 radical (unpaired) electrons. The van der Waals surface area contributed by atoms with Crippen molar-refractivity contribution in [3.8, 4) is 56.4 Å². The van der Waals surface area contributed by atoms with E-state index in [-0.39, 0.29) is 0 Å². The van der Waals surface area contributed by atoms with Crippen LogP contribution in [0.1, 0.15) is 0 Å². The summed E-state index contributed by atoms with van der Waals surface area (Å²) in [6.07, 6.45) is 3.84. The Morgan fingerprint density at radius 3 is 2.06 bits per heavy atom. The van der Waals surface area contributed by atoms with Crippen molar-refractivity contribution in [2.75, 3.05) is 0 Å². The Morgan fingerprint density at radius 1 is 0.447 bits per heavy atom. The molecule has 0 N–H and O–H groups in total. The van der Waals surface area contributed by atoms with Gasteiger partial charge in [0.15, 0.2) is 5.82 Å². The molecule has 0 amide bonds. The van der Waals surface area contributed by atoms with Crippen molar-refractivity contribution < 1.29 is 0 Å². The van der Waals surface area contributed by atoms with E-state index in [1.165, 1.54) is 0 Å². The summed E-state index contributed by atoms with van der Waals surface area (Å²) >= 11 is 0. The molecule has 6 heteroatoms. The molecule has 9 rings (SSSR count). The van der Waals surface area contributed by atoms with Crippen molar-refractivity contribution in [2.24, 2.45) is 0 Å². The van der Waals surface area contributed by atoms with Crippen LogP contribution in [0.5, 0.6) is 0 Å². The van der Waals surface area contributed by atoms with Gasteiger partial charge < -0.3 is 0 Å². The Morgan fingerprint density at radius 2 is 1.19 bits per heavy atom. The fraction of sp³-hybridized carbons (Fsp3) is 0. The Balaban J connectivity index is 1.18. The summed E-state index contributed by atoms with van der Waals surface area (Å²) in [5.41, 5.74) is 12.2. The maximum Gasteiger partial charge on any atom is 0.160 e. The van der Waals surface area contributed by atoms with E-state index in [9.17, 15) is 0 Å². The van der Waals surface area contributed by atoms with Crippen molar-refractivity contribution in [1.82, 2.24) is 29.3 Å². The number of imidazole rings is 1. The summed E-state index contributed by atoms with van der Waals surface area (Å²) in [6.45, 7) is 0. The molecule has 5 heterocycles. The first kappa shape index (κ1) is 26.8. The summed E-state index contributed by atoms with van der Waals surface area (Å²) in [6, 6.07) is 49.3. The molecule has 6 nitrogen and oxygen atoms in total. The van der Waals surface area contributed by atoms with Crippen molar-refractivity contribution in [1.29, 1.82) is 0 Å². The number of nitrogens with zero attached hydrogens (tertiary/aromatic N) is 6. The van der Waals surface area contributed by atoms with Crippen LogP contribution in [0, 0.1) is 0 Å². The summed E-state index contributed by atoms with van der Waals surface area (Å²) < 4.78 is 2.12. The zero-order valence-electron chi connectivity index (χ0n) is 25.2. The normalized spacial score (nSPS) is 11.4. The van der Waals surface area contributed by atoms with Gasteiger partial charge in [-0.05, 0) is 53.6 Å². The van der Waals surface area contributed by atoms with Crippen LogP contribution in [-0.2, 0) is 0 Å². The van der Waals surface area contributed by atoms with Crippen molar-refractivity contribution >= 4 is 27.6 Å². The number of hydrogen-bond donors (Lipinski definition) is 0. The Bertz CT molecular complexity index is 2560. The zero-order valence-corrected chi connectivity index (χ0v) is 25.2. The van der Waals surface area contributed by atoms with Gasteiger partial charge in [0.2, 0.25) is 0 Å². The van der Waals surface area contributed by atoms with Gasteiger partial charge in [0.25, 0.3) is 0 Å². The van der Waals surface area contributed by atoms with Crippen LogP contribution in [0.2, 0.25) is 0 Å². The van der Waals surface area contributed by atoms with E-state index < -0.39 is 0 Å². The first-order valence-electron chi connectivity index (χ1n) is 15.5. The molecule has 0 aliphatic carbocycles. The van der Waals surface area contributed by atoms with Gasteiger partial charge in [0.05, 0.1) is 33.8 Å². The molecular formula is C41H26N6. The van der Waals surface area contributed by atoms with E-state index in [2.05, 4.69) is 88.2 Å². The number of fused-ring (bicyclic) bond motifs is 5. The monoisotopic (exact) mass is 602 g/mol. The van der Waals surface area contributed by atoms with Gasteiger partial charge in [0.1, 0.15) is 11.2 Å². The molecule has 0 spiro atoms. The van der Waals surface area contributed by atoms with Crippen LogP contribution in [0.3, 0.4) is 0 Å². The minimum atomic E-state index is 0.647. The lowest BCUT2D eigenvalue weighted by Gasteiger charge is -2.11.